The Morgan fingerprint density at radius 2 is 2.12 bits per heavy atom. The highest BCUT2D eigenvalue weighted by molar-refractivity contribution is 6.04. The van der Waals surface area contributed by atoms with E-state index in [9.17, 15) is 14.7 Å². The molecule has 3 aliphatic heterocycles. The summed E-state index contributed by atoms with van der Waals surface area (Å²) in [5, 5.41) is 18.3. The zero-order valence-corrected chi connectivity index (χ0v) is 13.5. The summed E-state index contributed by atoms with van der Waals surface area (Å²) < 4.78 is 0. The van der Waals surface area contributed by atoms with Crippen molar-refractivity contribution in [3.05, 3.63) is 24.0 Å². The van der Waals surface area contributed by atoms with Crippen LogP contribution in [-0.4, -0.2) is 50.9 Å². The molecule has 0 radical (unpaired) electrons. The molecule has 7 nitrogen and oxygen atoms in total. The second kappa shape index (κ2) is 6.76. The van der Waals surface area contributed by atoms with Gasteiger partial charge in [0.25, 0.3) is 0 Å². The first-order valence-corrected chi connectivity index (χ1v) is 8.41. The number of nitrogens with two attached hydrogens (primary N) is 1. The number of aliphatic carboxylic acids is 2. The summed E-state index contributed by atoms with van der Waals surface area (Å²) in [7, 11) is 0. The van der Waals surface area contributed by atoms with Crippen molar-refractivity contribution in [2.75, 3.05) is 0 Å². The highest BCUT2D eigenvalue weighted by Gasteiger charge is 2.39. The van der Waals surface area contributed by atoms with Gasteiger partial charge < -0.3 is 20.8 Å². The number of nitrogens with zero attached hydrogens (tertiary/aromatic N) is 2. The van der Waals surface area contributed by atoms with Crippen LogP contribution < -0.4 is 5.73 Å². The minimum absolute atomic E-state index is 0.214. The zero-order valence-electron chi connectivity index (χ0n) is 13.5. The molecule has 0 unspecified atom stereocenters. The van der Waals surface area contributed by atoms with Gasteiger partial charge in [-0.1, -0.05) is 6.08 Å². The first kappa shape index (κ1) is 16.7. The van der Waals surface area contributed by atoms with Gasteiger partial charge >= 0.3 is 11.9 Å². The van der Waals surface area contributed by atoms with Crippen LogP contribution in [0.4, 0.5) is 0 Å². The van der Waals surface area contributed by atoms with Gasteiger partial charge in [0.2, 0.25) is 0 Å². The second-order valence-corrected chi connectivity index (χ2v) is 6.67. The van der Waals surface area contributed by atoms with Crippen molar-refractivity contribution in [2.45, 2.75) is 56.7 Å². The molecule has 3 aliphatic rings. The fraction of sp³-hybridized carbons (Fsp3) is 0.588. The lowest BCUT2D eigenvalue weighted by molar-refractivity contribution is -0.139. The summed E-state index contributed by atoms with van der Waals surface area (Å²) in [6.07, 6.45) is 10.4. The Morgan fingerprint density at radius 1 is 1.33 bits per heavy atom. The van der Waals surface area contributed by atoms with Crippen LogP contribution in [0, 0.1) is 5.92 Å². The van der Waals surface area contributed by atoms with Gasteiger partial charge in [0.15, 0.2) is 0 Å². The van der Waals surface area contributed by atoms with E-state index in [-0.39, 0.29) is 5.92 Å². The standard InChI is InChI=1S/C17H23N3O4/c18-12(16(21)22)6-4-10-9-20-8-2-1-3-14(20)11-5-7-13(17(23)24)19-15(10)11/h2,8-9,11-14H,1,3-7,18H2,(H,21,22)(H,23,24)/t11-,12+,13+,14-/m1/s1. The number of allylic oxidation sites excluding steroid dienone is 2. The molecule has 0 aromatic carbocycles. The highest BCUT2D eigenvalue weighted by atomic mass is 16.4. The number of carbonyl (C=O) groups is 2. The maximum absolute atomic E-state index is 11.3. The summed E-state index contributed by atoms with van der Waals surface area (Å²) in [5.41, 5.74) is 7.39. The molecule has 4 atom stereocenters. The molecular formula is C17H23N3O4. The second-order valence-electron chi connectivity index (χ2n) is 6.67. The lowest BCUT2D eigenvalue weighted by Gasteiger charge is -2.44. The smallest absolute Gasteiger partial charge is 0.328 e. The van der Waals surface area contributed by atoms with Crippen LogP contribution in [0.5, 0.6) is 0 Å². The average molecular weight is 333 g/mol. The molecule has 0 aromatic heterocycles. The van der Waals surface area contributed by atoms with Gasteiger partial charge in [-0.3, -0.25) is 9.79 Å². The fourth-order valence-corrected chi connectivity index (χ4v) is 3.82. The van der Waals surface area contributed by atoms with Gasteiger partial charge in [0.05, 0.1) is 0 Å². The molecule has 0 aromatic rings. The fourth-order valence-electron chi connectivity index (χ4n) is 3.82. The predicted molar refractivity (Wildman–Crippen MR) is 88.5 cm³/mol. The van der Waals surface area contributed by atoms with Gasteiger partial charge in [0, 0.05) is 23.9 Å². The predicted octanol–water partition coefficient (Wildman–Crippen LogP) is 1.36. The monoisotopic (exact) mass is 333 g/mol. The third kappa shape index (κ3) is 3.21. The normalized spacial score (nSPS) is 29.9. The quantitative estimate of drug-likeness (QED) is 0.699. The molecule has 0 saturated carbocycles. The maximum Gasteiger partial charge on any atom is 0.328 e. The molecule has 7 heteroatoms. The Morgan fingerprint density at radius 3 is 2.83 bits per heavy atom. The molecule has 0 bridgehead atoms. The number of rotatable bonds is 5. The van der Waals surface area contributed by atoms with E-state index in [1.165, 1.54) is 0 Å². The number of carboxylic acids is 2. The molecule has 0 fully saturated rings. The van der Waals surface area contributed by atoms with Crippen LogP contribution in [-0.2, 0) is 9.59 Å². The van der Waals surface area contributed by atoms with Crippen LogP contribution >= 0.6 is 0 Å². The minimum Gasteiger partial charge on any atom is -0.480 e. The van der Waals surface area contributed by atoms with Crippen molar-refractivity contribution in [3.8, 4) is 0 Å². The average Bonchev–Trinajstić information content (AvgIpc) is 2.58. The summed E-state index contributed by atoms with van der Waals surface area (Å²) in [4.78, 5) is 29.0. The number of carboxylic acid groups (broad SMARTS) is 2. The topological polar surface area (TPSA) is 116 Å². The van der Waals surface area contributed by atoms with Crippen molar-refractivity contribution >= 4 is 17.7 Å². The molecule has 24 heavy (non-hydrogen) atoms. The van der Waals surface area contributed by atoms with E-state index in [2.05, 4.69) is 22.2 Å². The van der Waals surface area contributed by atoms with Crippen LogP contribution in [0.25, 0.3) is 0 Å². The Balaban J connectivity index is 1.89. The number of fused-ring (bicyclic) bond motifs is 3. The van der Waals surface area contributed by atoms with Crippen LogP contribution in [0.2, 0.25) is 0 Å². The molecule has 130 valence electrons. The lowest BCUT2D eigenvalue weighted by atomic mass is 9.76. The van der Waals surface area contributed by atoms with Gasteiger partial charge in [-0.05, 0) is 50.3 Å². The van der Waals surface area contributed by atoms with Crippen molar-refractivity contribution < 1.29 is 19.8 Å². The Kier molecular flexibility index (Phi) is 4.71. The van der Waals surface area contributed by atoms with E-state index in [4.69, 9.17) is 10.8 Å². The van der Waals surface area contributed by atoms with Crippen LogP contribution in [0.1, 0.15) is 38.5 Å². The first-order chi connectivity index (χ1) is 11.5. The summed E-state index contributed by atoms with van der Waals surface area (Å²) >= 11 is 0. The van der Waals surface area contributed by atoms with Gasteiger partial charge in [0.1, 0.15) is 12.1 Å². The van der Waals surface area contributed by atoms with E-state index in [0.29, 0.717) is 25.3 Å². The Bertz CT molecular complexity index is 625. The molecule has 0 spiro atoms. The van der Waals surface area contributed by atoms with Crippen molar-refractivity contribution in [1.82, 2.24) is 4.90 Å². The Labute approximate surface area is 140 Å². The van der Waals surface area contributed by atoms with E-state index in [1.54, 1.807) is 0 Å². The summed E-state index contributed by atoms with van der Waals surface area (Å²) in [6.45, 7) is 0. The zero-order chi connectivity index (χ0) is 17.3. The Hall–Kier alpha value is -2.15. The van der Waals surface area contributed by atoms with Crippen LogP contribution in [0.15, 0.2) is 29.0 Å². The molecule has 3 rings (SSSR count). The number of aliphatic imine (C=N–C) groups is 1. The third-order valence-corrected chi connectivity index (χ3v) is 5.11. The van der Waals surface area contributed by atoms with Gasteiger partial charge in [-0.2, -0.15) is 0 Å². The van der Waals surface area contributed by atoms with Crippen molar-refractivity contribution in [2.24, 2.45) is 16.6 Å². The first-order valence-electron chi connectivity index (χ1n) is 8.41. The SMILES string of the molecule is N[C@@H](CCC1=CN2C=CCC[C@@H]2[C@H]2CC[C@@H](C(=O)O)N=C12)C(=O)O. The minimum atomic E-state index is -1.02. The van der Waals surface area contributed by atoms with E-state index >= 15 is 0 Å². The van der Waals surface area contributed by atoms with E-state index < -0.39 is 24.0 Å². The lowest BCUT2D eigenvalue weighted by Crippen LogP contribution is -2.47. The molecular weight excluding hydrogens is 310 g/mol. The number of hydrogen-bond acceptors (Lipinski definition) is 5. The third-order valence-electron chi connectivity index (χ3n) is 5.11. The van der Waals surface area contributed by atoms with Gasteiger partial charge in [-0.15, -0.1) is 0 Å². The highest BCUT2D eigenvalue weighted by Crippen LogP contribution is 2.37. The largest absolute Gasteiger partial charge is 0.480 e. The maximum atomic E-state index is 11.3. The van der Waals surface area contributed by atoms with Crippen molar-refractivity contribution in [3.63, 3.8) is 0 Å². The summed E-state index contributed by atoms with van der Waals surface area (Å²) in [5.74, 6) is -1.70. The van der Waals surface area contributed by atoms with Gasteiger partial charge in [-0.25, -0.2) is 4.79 Å². The molecule has 3 heterocycles. The molecule has 4 N–H and O–H groups in total. The molecule has 0 amide bonds. The van der Waals surface area contributed by atoms with E-state index in [0.717, 1.165) is 30.5 Å². The van der Waals surface area contributed by atoms with Crippen molar-refractivity contribution in [1.29, 1.82) is 0 Å². The number of hydrogen-bond donors (Lipinski definition) is 3. The van der Waals surface area contributed by atoms with E-state index in [1.807, 2.05) is 6.20 Å². The molecule has 0 aliphatic carbocycles. The van der Waals surface area contributed by atoms with Crippen LogP contribution in [0.3, 0.4) is 0 Å². The molecule has 0 saturated heterocycles. The summed E-state index contributed by atoms with van der Waals surface area (Å²) in [6, 6.07) is -1.29.